The number of hydrogen-bond donors (Lipinski definition) is 0. The van der Waals surface area contributed by atoms with E-state index in [4.69, 9.17) is 4.52 Å². The maximum Gasteiger partial charge on any atom is 0.188 e. The van der Waals surface area contributed by atoms with Crippen LogP contribution in [0.15, 0.2) is 0 Å². The summed E-state index contributed by atoms with van der Waals surface area (Å²) in [4.78, 5) is 0. The molecule has 1 aliphatic rings. The van der Waals surface area contributed by atoms with Crippen molar-refractivity contribution in [2.75, 3.05) is 20.2 Å². The van der Waals surface area contributed by atoms with Crippen molar-refractivity contribution < 1.29 is 4.52 Å². The Morgan fingerprint density at radius 2 is 1.77 bits per heavy atom. The van der Waals surface area contributed by atoms with Gasteiger partial charge in [0.05, 0.1) is 6.61 Å². The quantitative estimate of drug-likeness (QED) is 0.656. The van der Waals surface area contributed by atoms with E-state index in [0.29, 0.717) is 12.1 Å². The van der Waals surface area contributed by atoms with Crippen LogP contribution < -0.4 is 0 Å². The average molecular weight is 204 g/mol. The van der Waals surface area contributed by atoms with E-state index in [1.807, 2.05) is 0 Å². The van der Waals surface area contributed by atoms with Crippen molar-refractivity contribution in [1.82, 2.24) is 9.34 Å². The highest BCUT2D eigenvalue weighted by molar-refractivity contribution is 7.47. The third-order valence-electron chi connectivity index (χ3n) is 2.17. The maximum atomic E-state index is 5.77. The minimum Gasteiger partial charge on any atom is -0.330 e. The lowest BCUT2D eigenvalue weighted by molar-refractivity contribution is 0.269. The Hall–Kier alpha value is 0.310. The van der Waals surface area contributed by atoms with Crippen LogP contribution in [0.1, 0.15) is 27.7 Å². The van der Waals surface area contributed by atoms with Gasteiger partial charge >= 0.3 is 0 Å². The summed E-state index contributed by atoms with van der Waals surface area (Å²) in [6.45, 7) is 10.9. The molecular weight excluding hydrogens is 183 g/mol. The zero-order valence-electron chi connectivity index (χ0n) is 9.32. The first-order valence-corrected chi connectivity index (χ1v) is 6.13. The fourth-order valence-corrected chi connectivity index (χ4v) is 3.64. The van der Waals surface area contributed by atoms with Gasteiger partial charge in [-0.05, 0) is 34.7 Å². The van der Waals surface area contributed by atoms with Crippen molar-refractivity contribution in [1.29, 1.82) is 0 Å². The summed E-state index contributed by atoms with van der Waals surface area (Å²) in [5, 5.41) is 0. The summed E-state index contributed by atoms with van der Waals surface area (Å²) in [5.41, 5.74) is 0. The molecule has 78 valence electrons. The number of rotatable bonds is 3. The summed E-state index contributed by atoms with van der Waals surface area (Å²) in [7, 11) is 1.67. The molecule has 0 aromatic rings. The van der Waals surface area contributed by atoms with E-state index in [9.17, 15) is 0 Å². The van der Waals surface area contributed by atoms with Crippen molar-refractivity contribution in [2.45, 2.75) is 39.8 Å². The van der Waals surface area contributed by atoms with Gasteiger partial charge in [0.2, 0.25) is 0 Å². The van der Waals surface area contributed by atoms with Crippen molar-refractivity contribution in [3.05, 3.63) is 0 Å². The highest BCUT2D eigenvalue weighted by atomic mass is 31.2. The van der Waals surface area contributed by atoms with Gasteiger partial charge in [0, 0.05) is 18.6 Å². The zero-order chi connectivity index (χ0) is 10.0. The predicted molar refractivity (Wildman–Crippen MR) is 57.6 cm³/mol. The summed E-state index contributed by atoms with van der Waals surface area (Å²) in [6.07, 6.45) is 0. The standard InChI is InChI=1S/C9H21N2OP/c1-8(2)11(9(3)4)13-10(5)6-7-12-13/h8-9H,6-7H2,1-5H3. The van der Waals surface area contributed by atoms with E-state index < -0.39 is 8.45 Å². The first-order chi connectivity index (χ1) is 6.04. The second kappa shape index (κ2) is 4.70. The molecule has 0 aromatic carbocycles. The Morgan fingerprint density at radius 1 is 1.23 bits per heavy atom. The summed E-state index contributed by atoms with van der Waals surface area (Å²) < 4.78 is 10.6. The Morgan fingerprint density at radius 3 is 2.08 bits per heavy atom. The van der Waals surface area contributed by atoms with Gasteiger partial charge in [0.25, 0.3) is 0 Å². The molecule has 1 saturated heterocycles. The summed E-state index contributed by atoms with van der Waals surface area (Å²) in [6, 6.07) is 1.12. The van der Waals surface area contributed by atoms with E-state index in [1.54, 1.807) is 0 Å². The molecule has 1 rings (SSSR count). The lowest BCUT2D eigenvalue weighted by Gasteiger charge is -2.36. The maximum absolute atomic E-state index is 5.77. The molecule has 0 bridgehead atoms. The number of hydrogen-bond acceptors (Lipinski definition) is 3. The van der Waals surface area contributed by atoms with E-state index in [0.717, 1.165) is 13.2 Å². The second-order valence-electron chi connectivity index (χ2n) is 4.03. The highest BCUT2D eigenvalue weighted by Gasteiger charge is 2.32. The Kier molecular flexibility index (Phi) is 4.11. The smallest absolute Gasteiger partial charge is 0.188 e. The van der Waals surface area contributed by atoms with Gasteiger partial charge in [0.15, 0.2) is 8.45 Å². The number of likely N-dealkylation sites (N-methyl/N-ethyl adjacent to an activating group) is 1. The van der Waals surface area contributed by atoms with Crippen LogP contribution in [-0.2, 0) is 4.52 Å². The fraction of sp³-hybridized carbons (Fsp3) is 1.00. The van der Waals surface area contributed by atoms with Crippen LogP contribution in [-0.4, -0.2) is 41.6 Å². The molecule has 0 aliphatic carbocycles. The molecule has 1 aliphatic heterocycles. The van der Waals surface area contributed by atoms with E-state index in [1.165, 1.54) is 0 Å². The Labute approximate surface area is 83.0 Å². The monoisotopic (exact) mass is 204 g/mol. The van der Waals surface area contributed by atoms with Crippen molar-refractivity contribution in [2.24, 2.45) is 0 Å². The largest absolute Gasteiger partial charge is 0.330 e. The molecule has 0 spiro atoms. The predicted octanol–water partition coefficient (Wildman–Crippen LogP) is 2.29. The molecule has 4 heteroatoms. The highest BCUT2D eigenvalue weighted by Crippen LogP contribution is 2.50. The molecule has 3 nitrogen and oxygen atoms in total. The lowest BCUT2D eigenvalue weighted by atomic mass is 10.3. The van der Waals surface area contributed by atoms with Crippen LogP contribution in [0.25, 0.3) is 0 Å². The van der Waals surface area contributed by atoms with Crippen LogP contribution in [0, 0.1) is 0 Å². The van der Waals surface area contributed by atoms with Crippen LogP contribution in [0.4, 0.5) is 0 Å². The second-order valence-corrected chi connectivity index (χ2v) is 5.94. The Bertz CT molecular complexity index is 156. The molecule has 1 fully saturated rings. The van der Waals surface area contributed by atoms with E-state index >= 15 is 0 Å². The van der Waals surface area contributed by atoms with Crippen molar-refractivity contribution in [3.8, 4) is 0 Å². The van der Waals surface area contributed by atoms with Gasteiger partial charge < -0.3 is 4.52 Å². The number of nitrogens with zero attached hydrogens (tertiary/aromatic N) is 2. The third-order valence-corrected chi connectivity index (χ3v) is 4.69. The molecule has 0 saturated carbocycles. The molecule has 0 radical (unpaired) electrons. The normalized spacial score (nSPS) is 25.4. The van der Waals surface area contributed by atoms with E-state index in [-0.39, 0.29) is 0 Å². The molecule has 0 aromatic heterocycles. The summed E-state index contributed by atoms with van der Waals surface area (Å²) in [5.74, 6) is 0. The third kappa shape index (κ3) is 2.63. The minimum atomic E-state index is -0.482. The molecular formula is C9H21N2OP. The van der Waals surface area contributed by atoms with E-state index in [2.05, 4.69) is 44.1 Å². The lowest BCUT2D eigenvalue weighted by Crippen LogP contribution is -2.35. The molecule has 1 unspecified atom stereocenters. The van der Waals surface area contributed by atoms with Crippen molar-refractivity contribution in [3.63, 3.8) is 0 Å². The summed E-state index contributed by atoms with van der Waals surface area (Å²) >= 11 is 0. The van der Waals surface area contributed by atoms with Gasteiger partial charge in [0.1, 0.15) is 0 Å². The molecule has 13 heavy (non-hydrogen) atoms. The fourth-order valence-electron chi connectivity index (χ4n) is 1.67. The molecule has 0 N–H and O–H groups in total. The molecule has 1 atom stereocenters. The van der Waals surface area contributed by atoms with Gasteiger partial charge in [-0.15, -0.1) is 0 Å². The topological polar surface area (TPSA) is 15.7 Å². The zero-order valence-corrected chi connectivity index (χ0v) is 10.2. The Balaban J connectivity index is 2.63. The SMILES string of the molecule is CC(C)N(C(C)C)P1OCCN1C. The van der Waals surface area contributed by atoms with Crippen LogP contribution in [0.5, 0.6) is 0 Å². The van der Waals surface area contributed by atoms with Crippen LogP contribution >= 0.6 is 8.45 Å². The minimum absolute atomic E-state index is 0.482. The van der Waals surface area contributed by atoms with Gasteiger partial charge in [-0.3, -0.25) is 0 Å². The average Bonchev–Trinajstić information content (AvgIpc) is 2.35. The van der Waals surface area contributed by atoms with Gasteiger partial charge in [-0.1, -0.05) is 0 Å². The van der Waals surface area contributed by atoms with Gasteiger partial charge in [-0.25, -0.2) is 9.34 Å². The van der Waals surface area contributed by atoms with Gasteiger partial charge in [-0.2, -0.15) is 0 Å². The van der Waals surface area contributed by atoms with Crippen molar-refractivity contribution >= 4 is 8.45 Å². The van der Waals surface area contributed by atoms with Crippen LogP contribution in [0.2, 0.25) is 0 Å². The molecule has 1 heterocycles. The molecule has 0 amide bonds. The first-order valence-electron chi connectivity index (χ1n) is 4.96. The first kappa shape index (κ1) is 11.4. The van der Waals surface area contributed by atoms with Crippen LogP contribution in [0.3, 0.4) is 0 Å².